The molecule has 164 valence electrons. The molecule has 0 aliphatic carbocycles. The standard InChI is InChI=1S/C22H26N4O4S/c23-22-21-17(15-31(28,29)25-22)6-3-8-19(21)30-14-18-7-1-2-12-26(18)20(27)10-9-16-5-4-11-24-13-16/h3-6,8,11,13,18H,1-2,7,9-10,12,14-15H2,(H2,23,25)/t18-/m1/s1. The third-order valence-electron chi connectivity index (χ3n) is 5.67. The lowest BCUT2D eigenvalue weighted by atomic mass is 10.0. The highest BCUT2D eigenvalue weighted by Crippen LogP contribution is 2.29. The number of hydrogen-bond donors (Lipinski definition) is 1. The predicted octanol–water partition coefficient (Wildman–Crippen LogP) is 2.02. The van der Waals surface area contributed by atoms with Crippen molar-refractivity contribution in [3.05, 3.63) is 59.4 Å². The molecule has 1 amide bonds. The largest absolute Gasteiger partial charge is 0.491 e. The number of aryl methyl sites for hydroxylation is 1. The van der Waals surface area contributed by atoms with Gasteiger partial charge in [-0.2, -0.15) is 0 Å². The Hall–Kier alpha value is -2.94. The molecule has 8 nitrogen and oxygen atoms in total. The molecule has 1 saturated heterocycles. The quantitative estimate of drug-likeness (QED) is 0.732. The van der Waals surface area contributed by atoms with Crippen molar-refractivity contribution < 1.29 is 17.9 Å². The van der Waals surface area contributed by atoms with Gasteiger partial charge in [-0.25, -0.2) is 8.42 Å². The Morgan fingerprint density at radius 1 is 1.23 bits per heavy atom. The van der Waals surface area contributed by atoms with Crippen LogP contribution < -0.4 is 10.5 Å². The van der Waals surface area contributed by atoms with Gasteiger partial charge in [-0.3, -0.25) is 9.78 Å². The zero-order chi connectivity index (χ0) is 21.8. The Labute approximate surface area is 182 Å². The van der Waals surface area contributed by atoms with Crippen LogP contribution in [0, 0.1) is 0 Å². The molecule has 0 saturated carbocycles. The number of hydrogen-bond acceptors (Lipinski definition) is 6. The number of rotatable bonds is 6. The second-order valence-corrected chi connectivity index (χ2v) is 9.54. The number of carbonyl (C=O) groups is 1. The van der Waals surface area contributed by atoms with Crippen LogP contribution in [0.5, 0.6) is 5.75 Å². The van der Waals surface area contributed by atoms with E-state index in [1.54, 1.807) is 30.6 Å². The maximum Gasteiger partial charge on any atom is 0.259 e. The van der Waals surface area contributed by atoms with E-state index in [-0.39, 0.29) is 23.5 Å². The summed E-state index contributed by atoms with van der Waals surface area (Å²) in [5.41, 5.74) is 8.08. The first-order valence-electron chi connectivity index (χ1n) is 10.4. The minimum absolute atomic E-state index is 0.0310. The van der Waals surface area contributed by atoms with Gasteiger partial charge >= 0.3 is 0 Å². The summed E-state index contributed by atoms with van der Waals surface area (Å²) in [6.45, 7) is 1.05. The lowest BCUT2D eigenvalue weighted by Crippen LogP contribution is -2.46. The average molecular weight is 443 g/mol. The van der Waals surface area contributed by atoms with Crippen LogP contribution in [0.3, 0.4) is 0 Å². The lowest BCUT2D eigenvalue weighted by Gasteiger charge is -2.36. The normalized spacial score (nSPS) is 19.9. The van der Waals surface area contributed by atoms with Gasteiger partial charge in [0.15, 0.2) is 0 Å². The van der Waals surface area contributed by atoms with Crippen LogP contribution in [0.4, 0.5) is 0 Å². The number of fused-ring (bicyclic) bond motifs is 1. The maximum atomic E-state index is 12.9. The molecule has 1 fully saturated rings. The van der Waals surface area contributed by atoms with Crippen molar-refractivity contribution in [1.29, 1.82) is 0 Å². The number of carbonyl (C=O) groups excluding carboxylic acids is 1. The van der Waals surface area contributed by atoms with Crippen molar-refractivity contribution in [3.63, 3.8) is 0 Å². The van der Waals surface area contributed by atoms with Gasteiger partial charge in [0, 0.05) is 25.4 Å². The van der Waals surface area contributed by atoms with Crippen LogP contribution in [-0.4, -0.2) is 49.2 Å². The first-order valence-corrected chi connectivity index (χ1v) is 12.1. The Morgan fingerprint density at radius 2 is 2.10 bits per heavy atom. The van der Waals surface area contributed by atoms with Crippen molar-refractivity contribution in [1.82, 2.24) is 9.88 Å². The number of nitrogens with two attached hydrogens (primary N) is 1. The van der Waals surface area contributed by atoms with E-state index in [0.29, 0.717) is 42.9 Å². The lowest BCUT2D eigenvalue weighted by molar-refractivity contribution is -0.135. The first kappa shape index (κ1) is 21.3. The van der Waals surface area contributed by atoms with Crippen molar-refractivity contribution >= 4 is 21.8 Å². The molecule has 1 aromatic heterocycles. The molecule has 9 heteroatoms. The van der Waals surface area contributed by atoms with Gasteiger partial charge in [-0.1, -0.05) is 18.2 Å². The number of benzene rings is 1. The Balaban J connectivity index is 1.43. The van der Waals surface area contributed by atoms with Crippen molar-refractivity contribution in [2.75, 3.05) is 13.2 Å². The summed E-state index contributed by atoms with van der Waals surface area (Å²) in [4.78, 5) is 18.9. The van der Waals surface area contributed by atoms with Gasteiger partial charge in [0.05, 0.1) is 17.4 Å². The van der Waals surface area contributed by atoms with E-state index >= 15 is 0 Å². The SMILES string of the molecule is NC1=NS(=O)(=O)Cc2cccc(OC[C@H]3CCCCN3C(=O)CCc3cccnc3)c21. The van der Waals surface area contributed by atoms with E-state index in [4.69, 9.17) is 10.5 Å². The fourth-order valence-corrected chi connectivity index (χ4v) is 5.25. The second kappa shape index (κ2) is 9.05. The highest BCUT2D eigenvalue weighted by molar-refractivity contribution is 7.89. The molecule has 0 radical (unpaired) electrons. The van der Waals surface area contributed by atoms with E-state index in [0.717, 1.165) is 24.8 Å². The number of piperidine rings is 1. The third kappa shape index (κ3) is 5.04. The zero-order valence-electron chi connectivity index (χ0n) is 17.2. The summed E-state index contributed by atoms with van der Waals surface area (Å²) >= 11 is 0. The van der Waals surface area contributed by atoms with Gasteiger partial charge in [0.2, 0.25) is 5.91 Å². The van der Waals surface area contributed by atoms with Crippen LogP contribution in [0.25, 0.3) is 0 Å². The molecular weight excluding hydrogens is 416 g/mol. The zero-order valence-corrected chi connectivity index (χ0v) is 18.1. The summed E-state index contributed by atoms with van der Waals surface area (Å²) < 4.78 is 33.4. The molecule has 2 aliphatic rings. The summed E-state index contributed by atoms with van der Waals surface area (Å²) in [5, 5.41) is 0. The minimum atomic E-state index is -3.60. The summed E-state index contributed by atoms with van der Waals surface area (Å²) in [5.74, 6) is 0.370. The topological polar surface area (TPSA) is 115 Å². The number of ether oxygens (including phenoxy) is 1. The van der Waals surface area contributed by atoms with Crippen molar-refractivity contribution in [3.8, 4) is 5.75 Å². The second-order valence-electron chi connectivity index (χ2n) is 7.90. The van der Waals surface area contributed by atoms with E-state index in [1.807, 2.05) is 17.0 Å². The van der Waals surface area contributed by atoms with Gasteiger partial charge in [0.1, 0.15) is 18.2 Å². The average Bonchev–Trinajstić information content (AvgIpc) is 2.76. The number of pyridine rings is 1. The van der Waals surface area contributed by atoms with Crippen LogP contribution in [0.1, 0.15) is 42.4 Å². The monoisotopic (exact) mass is 442 g/mol. The highest BCUT2D eigenvalue weighted by atomic mass is 32.2. The number of aromatic nitrogens is 1. The molecule has 0 unspecified atom stereocenters. The summed E-state index contributed by atoms with van der Waals surface area (Å²) in [7, 11) is -3.60. The number of sulfonamides is 1. The molecule has 4 rings (SSSR count). The van der Waals surface area contributed by atoms with Gasteiger partial charge in [-0.15, -0.1) is 4.40 Å². The summed E-state index contributed by atoms with van der Waals surface area (Å²) in [6.07, 6.45) is 7.48. The van der Waals surface area contributed by atoms with Gasteiger partial charge < -0.3 is 15.4 Å². The van der Waals surface area contributed by atoms with Gasteiger partial charge in [-0.05, 0) is 48.9 Å². The molecular formula is C22H26N4O4S. The minimum Gasteiger partial charge on any atom is -0.491 e. The van der Waals surface area contributed by atoms with Crippen LogP contribution >= 0.6 is 0 Å². The Bertz CT molecular complexity index is 1090. The molecule has 3 heterocycles. The molecule has 2 N–H and O–H groups in total. The molecule has 2 aromatic rings. The summed E-state index contributed by atoms with van der Waals surface area (Å²) in [6, 6.07) is 9.04. The van der Waals surface area contributed by atoms with E-state index in [9.17, 15) is 13.2 Å². The van der Waals surface area contributed by atoms with E-state index in [1.165, 1.54) is 0 Å². The fourth-order valence-electron chi connectivity index (χ4n) is 4.16. The number of likely N-dealkylation sites (tertiary alicyclic amines) is 1. The number of amides is 1. The third-order valence-corrected chi connectivity index (χ3v) is 6.82. The molecule has 31 heavy (non-hydrogen) atoms. The molecule has 0 spiro atoms. The molecule has 0 bridgehead atoms. The van der Waals surface area contributed by atoms with E-state index in [2.05, 4.69) is 9.38 Å². The first-order chi connectivity index (χ1) is 14.9. The van der Waals surface area contributed by atoms with E-state index < -0.39 is 10.0 Å². The van der Waals surface area contributed by atoms with Crippen molar-refractivity contribution in [2.45, 2.75) is 43.9 Å². The van der Waals surface area contributed by atoms with Gasteiger partial charge in [0.25, 0.3) is 10.0 Å². The smallest absolute Gasteiger partial charge is 0.259 e. The van der Waals surface area contributed by atoms with Crippen LogP contribution in [0.2, 0.25) is 0 Å². The van der Waals surface area contributed by atoms with Crippen LogP contribution in [0.15, 0.2) is 47.1 Å². The molecule has 2 aliphatic heterocycles. The Kier molecular flexibility index (Phi) is 6.22. The number of amidine groups is 1. The van der Waals surface area contributed by atoms with Crippen LogP contribution in [-0.2, 0) is 27.0 Å². The fraction of sp³-hybridized carbons (Fsp3) is 0.409. The van der Waals surface area contributed by atoms with Crippen molar-refractivity contribution in [2.24, 2.45) is 10.1 Å². The molecule has 1 aromatic carbocycles. The predicted molar refractivity (Wildman–Crippen MR) is 117 cm³/mol. The maximum absolute atomic E-state index is 12.9. The molecule has 1 atom stereocenters. The highest BCUT2D eigenvalue weighted by Gasteiger charge is 2.29. The number of nitrogens with zero attached hydrogens (tertiary/aromatic N) is 3. The Morgan fingerprint density at radius 3 is 2.90 bits per heavy atom.